The number of aliphatic carboxylic acids is 1. The van der Waals surface area contributed by atoms with Crippen LogP contribution in [0.25, 0.3) is 11.5 Å². The molecule has 0 aliphatic carbocycles. The number of carbonyl (C=O) groups is 1. The maximum atomic E-state index is 10.4. The molecule has 0 bridgehead atoms. The van der Waals surface area contributed by atoms with Crippen LogP contribution in [0, 0.1) is 0 Å². The highest BCUT2D eigenvalue weighted by atomic mass is 79.9. The summed E-state index contributed by atoms with van der Waals surface area (Å²) >= 11 is 6.80. The van der Waals surface area contributed by atoms with Gasteiger partial charge in [0.05, 0.1) is 5.56 Å². The largest absolute Gasteiger partial charge is 0.481 e. The molecule has 1 N–H and O–H groups in total. The summed E-state index contributed by atoms with van der Waals surface area (Å²) in [5.41, 5.74) is 0.798. The first kappa shape index (κ1) is 14.2. The molecule has 1 heterocycles. The summed E-state index contributed by atoms with van der Waals surface area (Å²) in [6, 6.07) is 5.66. The highest BCUT2D eigenvalue weighted by Gasteiger charge is 2.12. The van der Waals surface area contributed by atoms with Crippen molar-refractivity contribution < 1.29 is 14.3 Å². The Morgan fingerprint density at radius 3 is 2.84 bits per heavy atom. The fourth-order valence-corrected chi connectivity index (χ4v) is 2.29. The van der Waals surface area contributed by atoms with E-state index in [0.717, 1.165) is 14.5 Å². The summed E-state index contributed by atoms with van der Waals surface area (Å²) in [6.45, 7) is 0. The van der Waals surface area contributed by atoms with Gasteiger partial charge in [0.25, 0.3) is 0 Å². The van der Waals surface area contributed by atoms with Gasteiger partial charge in [0.15, 0.2) is 0 Å². The molecule has 2 rings (SSSR count). The molecule has 1 aromatic carbocycles. The number of halogens is 2. The molecule has 2 aromatic rings. The van der Waals surface area contributed by atoms with Crippen LogP contribution in [-0.4, -0.2) is 21.3 Å². The Morgan fingerprint density at radius 2 is 2.11 bits per heavy atom. The summed E-state index contributed by atoms with van der Waals surface area (Å²) in [6.07, 6.45) is 1.04. The monoisotopic (exact) mass is 388 g/mol. The Morgan fingerprint density at radius 1 is 1.32 bits per heavy atom. The summed E-state index contributed by atoms with van der Waals surface area (Å²) < 4.78 is 7.29. The van der Waals surface area contributed by atoms with E-state index in [-0.39, 0.29) is 6.42 Å². The third-order valence-corrected chi connectivity index (χ3v) is 3.59. The lowest BCUT2D eigenvalue weighted by Crippen LogP contribution is -1.95. The zero-order valence-corrected chi connectivity index (χ0v) is 12.9. The van der Waals surface area contributed by atoms with Gasteiger partial charge in [0, 0.05) is 21.8 Å². The van der Waals surface area contributed by atoms with Crippen molar-refractivity contribution in [1.29, 1.82) is 0 Å². The van der Waals surface area contributed by atoms with Crippen molar-refractivity contribution in [3.8, 4) is 11.5 Å². The Kier molecular flexibility index (Phi) is 4.71. The lowest BCUT2D eigenvalue weighted by molar-refractivity contribution is -0.137. The van der Waals surface area contributed by atoms with E-state index in [1.807, 2.05) is 18.2 Å². The Hall–Kier alpha value is -1.21. The van der Waals surface area contributed by atoms with E-state index in [0.29, 0.717) is 24.6 Å². The normalized spacial score (nSPS) is 10.6. The number of benzene rings is 1. The number of aryl methyl sites for hydroxylation is 1. The maximum absolute atomic E-state index is 10.4. The van der Waals surface area contributed by atoms with Gasteiger partial charge in [-0.25, -0.2) is 0 Å². The van der Waals surface area contributed by atoms with E-state index >= 15 is 0 Å². The van der Waals surface area contributed by atoms with E-state index in [1.165, 1.54) is 0 Å². The van der Waals surface area contributed by atoms with Crippen LogP contribution in [0.15, 0.2) is 31.6 Å². The molecule has 19 heavy (non-hydrogen) atoms. The number of nitrogens with zero attached hydrogens (tertiary/aromatic N) is 2. The quantitative estimate of drug-likeness (QED) is 0.844. The molecule has 0 unspecified atom stereocenters. The zero-order valence-electron chi connectivity index (χ0n) is 9.77. The predicted molar refractivity (Wildman–Crippen MR) is 75.7 cm³/mol. The van der Waals surface area contributed by atoms with Gasteiger partial charge in [-0.15, -0.1) is 10.2 Å². The number of carboxylic acid groups (broad SMARTS) is 1. The van der Waals surface area contributed by atoms with E-state index in [2.05, 4.69) is 42.1 Å². The van der Waals surface area contributed by atoms with Crippen LogP contribution in [0.3, 0.4) is 0 Å². The highest BCUT2D eigenvalue weighted by Crippen LogP contribution is 2.30. The summed E-state index contributed by atoms with van der Waals surface area (Å²) in [5, 5.41) is 16.4. The second-order valence-corrected chi connectivity index (χ2v) is 5.64. The number of carboxylic acids is 1. The number of aromatic nitrogens is 2. The van der Waals surface area contributed by atoms with Crippen LogP contribution in [0.5, 0.6) is 0 Å². The van der Waals surface area contributed by atoms with Gasteiger partial charge in [0.2, 0.25) is 11.8 Å². The minimum atomic E-state index is -0.825. The fourth-order valence-electron chi connectivity index (χ4n) is 1.52. The maximum Gasteiger partial charge on any atom is 0.303 e. The van der Waals surface area contributed by atoms with Crippen molar-refractivity contribution in [1.82, 2.24) is 10.2 Å². The lowest BCUT2D eigenvalue weighted by Gasteiger charge is -1.99. The number of hydrogen-bond donors (Lipinski definition) is 1. The number of rotatable bonds is 5. The minimum Gasteiger partial charge on any atom is -0.481 e. The van der Waals surface area contributed by atoms with E-state index in [4.69, 9.17) is 9.52 Å². The smallest absolute Gasteiger partial charge is 0.303 e. The van der Waals surface area contributed by atoms with Crippen molar-refractivity contribution in [2.24, 2.45) is 0 Å². The van der Waals surface area contributed by atoms with E-state index < -0.39 is 5.97 Å². The Labute approximate surface area is 126 Å². The first-order chi connectivity index (χ1) is 9.06. The molecule has 0 saturated heterocycles. The molecule has 0 aliphatic heterocycles. The van der Waals surface area contributed by atoms with Crippen LogP contribution in [0.2, 0.25) is 0 Å². The standard InChI is InChI=1S/C12H10Br2N2O3/c13-7-4-5-9(14)8(6-7)12-16-15-10(19-12)2-1-3-11(17)18/h4-6H,1-3H2,(H,17,18). The molecule has 0 fully saturated rings. The SMILES string of the molecule is O=C(O)CCCc1nnc(-c2cc(Br)ccc2Br)o1. The molecule has 100 valence electrons. The van der Waals surface area contributed by atoms with E-state index in [1.54, 1.807) is 0 Å². The van der Waals surface area contributed by atoms with Crippen LogP contribution >= 0.6 is 31.9 Å². The Balaban J connectivity index is 2.12. The van der Waals surface area contributed by atoms with Crippen LogP contribution in [-0.2, 0) is 11.2 Å². The number of hydrogen-bond acceptors (Lipinski definition) is 4. The van der Waals surface area contributed by atoms with Crippen LogP contribution in [0.1, 0.15) is 18.7 Å². The first-order valence-electron chi connectivity index (χ1n) is 5.56. The van der Waals surface area contributed by atoms with Crippen molar-refractivity contribution in [2.45, 2.75) is 19.3 Å². The lowest BCUT2D eigenvalue weighted by atomic mass is 10.2. The van der Waals surface area contributed by atoms with Gasteiger partial charge in [-0.1, -0.05) is 15.9 Å². The Bertz CT molecular complexity index is 598. The average Bonchev–Trinajstić information content (AvgIpc) is 2.80. The minimum absolute atomic E-state index is 0.0955. The van der Waals surface area contributed by atoms with Gasteiger partial charge in [0.1, 0.15) is 0 Å². The third-order valence-electron chi connectivity index (χ3n) is 2.41. The molecule has 1 aromatic heterocycles. The molecule has 0 amide bonds. The summed E-state index contributed by atoms with van der Waals surface area (Å²) in [5.74, 6) is 0.0381. The topological polar surface area (TPSA) is 76.2 Å². The second-order valence-electron chi connectivity index (χ2n) is 3.87. The molecule has 0 spiro atoms. The molecule has 0 saturated carbocycles. The van der Waals surface area contributed by atoms with Gasteiger partial charge in [-0.2, -0.15) is 0 Å². The van der Waals surface area contributed by atoms with E-state index in [9.17, 15) is 4.79 Å². The average molecular weight is 390 g/mol. The van der Waals surface area contributed by atoms with Crippen molar-refractivity contribution in [3.63, 3.8) is 0 Å². The second kappa shape index (κ2) is 6.29. The highest BCUT2D eigenvalue weighted by molar-refractivity contribution is 9.11. The molecule has 0 radical (unpaired) electrons. The first-order valence-corrected chi connectivity index (χ1v) is 7.14. The van der Waals surface area contributed by atoms with Crippen LogP contribution in [0.4, 0.5) is 0 Å². The third kappa shape index (κ3) is 3.87. The van der Waals surface area contributed by atoms with Crippen molar-refractivity contribution in [2.75, 3.05) is 0 Å². The van der Waals surface area contributed by atoms with Gasteiger partial charge in [-0.05, 0) is 40.5 Å². The molecular weight excluding hydrogens is 380 g/mol. The van der Waals surface area contributed by atoms with Gasteiger partial charge in [-0.3, -0.25) is 4.79 Å². The fraction of sp³-hybridized carbons (Fsp3) is 0.250. The van der Waals surface area contributed by atoms with Gasteiger partial charge >= 0.3 is 5.97 Å². The molecule has 0 aliphatic rings. The van der Waals surface area contributed by atoms with Crippen molar-refractivity contribution in [3.05, 3.63) is 33.0 Å². The molecular formula is C12H10Br2N2O3. The molecule has 7 heteroatoms. The predicted octanol–water partition coefficient (Wildman–Crippen LogP) is 3.67. The molecule has 5 nitrogen and oxygen atoms in total. The summed E-state index contributed by atoms with van der Waals surface area (Å²) in [4.78, 5) is 10.4. The van der Waals surface area contributed by atoms with Gasteiger partial charge < -0.3 is 9.52 Å². The van der Waals surface area contributed by atoms with Crippen LogP contribution < -0.4 is 0 Å². The molecule has 0 atom stereocenters. The summed E-state index contributed by atoms with van der Waals surface area (Å²) in [7, 11) is 0. The zero-order chi connectivity index (χ0) is 13.8. The van der Waals surface area contributed by atoms with Crippen molar-refractivity contribution >= 4 is 37.8 Å².